The first-order chi connectivity index (χ1) is 14.7. The van der Waals surface area contributed by atoms with Gasteiger partial charge in [-0.1, -0.05) is 35.9 Å². The number of piperazine rings is 1. The quantitative estimate of drug-likeness (QED) is 0.656. The number of amides is 1. The van der Waals surface area contributed by atoms with E-state index in [1.165, 1.54) is 4.31 Å². The Morgan fingerprint density at radius 3 is 2.23 bits per heavy atom. The topological polar surface area (TPSA) is 66.9 Å². The summed E-state index contributed by atoms with van der Waals surface area (Å²) in [7, 11) is -3.58. The molecule has 0 unspecified atom stereocenters. The maximum Gasteiger partial charge on any atom is 0.243 e. The van der Waals surface area contributed by atoms with Crippen LogP contribution in [0.25, 0.3) is 0 Å². The van der Waals surface area contributed by atoms with Crippen molar-refractivity contribution in [2.24, 2.45) is 0 Å². The van der Waals surface area contributed by atoms with Crippen LogP contribution >= 0.6 is 0 Å². The monoisotopic (exact) mass is 444 g/mol. The highest BCUT2D eigenvalue weighted by Crippen LogP contribution is 2.26. The van der Waals surface area contributed by atoms with Crippen LogP contribution in [0.5, 0.6) is 5.75 Å². The summed E-state index contributed by atoms with van der Waals surface area (Å²) in [6.07, 6.45) is 0.988. The molecular weight excluding hydrogens is 412 g/mol. The molecule has 3 rings (SSSR count). The lowest BCUT2D eigenvalue weighted by atomic mass is 10.1. The molecule has 2 aromatic rings. The fraction of sp³-hybridized carbons (Fsp3) is 0.458. The number of sulfonamides is 1. The Kier molecular flexibility index (Phi) is 7.38. The van der Waals surface area contributed by atoms with Crippen molar-refractivity contribution in [2.45, 2.75) is 45.4 Å². The molecule has 1 heterocycles. The fourth-order valence-corrected chi connectivity index (χ4v) is 6.12. The van der Waals surface area contributed by atoms with E-state index in [0.29, 0.717) is 50.5 Å². The SMILES string of the molecule is CCOc1ccccc1CCC(=O)N1CCN(S(=O)(=O)c2c(C)cc(C)cc2C)CC1. The molecule has 6 nitrogen and oxygen atoms in total. The summed E-state index contributed by atoms with van der Waals surface area (Å²) >= 11 is 0. The molecule has 0 saturated carbocycles. The van der Waals surface area contributed by atoms with E-state index in [1.807, 2.05) is 64.1 Å². The van der Waals surface area contributed by atoms with Crippen LogP contribution in [0.15, 0.2) is 41.3 Å². The van der Waals surface area contributed by atoms with E-state index in [-0.39, 0.29) is 5.91 Å². The first-order valence-electron chi connectivity index (χ1n) is 10.8. The molecule has 0 N–H and O–H groups in total. The molecule has 0 aliphatic carbocycles. The number of aryl methyl sites for hydroxylation is 4. The maximum absolute atomic E-state index is 13.2. The van der Waals surface area contributed by atoms with Crippen molar-refractivity contribution in [1.29, 1.82) is 0 Å². The molecule has 1 aliphatic rings. The normalized spacial score (nSPS) is 15.2. The molecule has 168 valence electrons. The highest BCUT2D eigenvalue weighted by atomic mass is 32.2. The molecule has 31 heavy (non-hydrogen) atoms. The molecule has 7 heteroatoms. The number of rotatable bonds is 7. The van der Waals surface area contributed by atoms with Gasteiger partial charge in [-0.3, -0.25) is 4.79 Å². The molecule has 1 saturated heterocycles. The van der Waals surface area contributed by atoms with Crippen LogP contribution in [0.3, 0.4) is 0 Å². The second kappa shape index (κ2) is 9.83. The van der Waals surface area contributed by atoms with Crippen LogP contribution in [0.1, 0.15) is 35.6 Å². The summed E-state index contributed by atoms with van der Waals surface area (Å²) in [5.74, 6) is 0.864. The molecule has 2 aromatic carbocycles. The van der Waals surface area contributed by atoms with E-state index in [9.17, 15) is 13.2 Å². The molecule has 0 radical (unpaired) electrons. The minimum atomic E-state index is -3.58. The zero-order chi connectivity index (χ0) is 22.6. The van der Waals surface area contributed by atoms with Crippen molar-refractivity contribution in [2.75, 3.05) is 32.8 Å². The van der Waals surface area contributed by atoms with Crippen LogP contribution in [0.2, 0.25) is 0 Å². The van der Waals surface area contributed by atoms with Gasteiger partial charge in [0.1, 0.15) is 5.75 Å². The van der Waals surface area contributed by atoms with E-state index in [2.05, 4.69) is 0 Å². The Bertz CT molecular complexity index is 1020. The van der Waals surface area contributed by atoms with Gasteiger partial charge < -0.3 is 9.64 Å². The third-order valence-electron chi connectivity index (χ3n) is 5.67. The van der Waals surface area contributed by atoms with Gasteiger partial charge >= 0.3 is 0 Å². The number of nitrogens with zero attached hydrogens (tertiary/aromatic N) is 2. The second-order valence-corrected chi connectivity index (χ2v) is 9.93. The standard InChI is InChI=1S/C24H32N2O4S/c1-5-30-22-9-7-6-8-21(22)10-11-23(27)25-12-14-26(15-13-25)31(28,29)24-19(3)16-18(2)17-20(24)4/h6-9,16-17H,5,10-15H2,1-4H3. The smallest absolute Gasteiger partial charge is 0.243 e. The first kappa shape index (κ1) is 23.3. The van der Waals surface area contributed by atoms with Crippen molar-refractivity contribution in [3.63, 3.8) is 0 Å². The van der Waals surface area contributed by atoms with Crippen LogP contribution in [0.4, 0.5) is 0 Å². The summed E-state index contributed by atoms with van der Waals surface area (Å²) in [4.78, 5) is 14.9. The number of benzene rings is 2. The molecule has 0 spiro atoms. The number of carbonyl (C=O) groups is 1. The Morgan fingerprint density at radius 2 is 1.61 bits per heavy atom. The zero-order valence-corrected chi connectivity index (χ0v) is 19.7. The Balaban J connectivity index is 1.61. The number of hydrogen-bond donors (Lipinski definition) is 0. The molecule has 1 amide bonds. The van der Waals surface area contributed by atoms with Crippen molar-refractivity contribution >= 4 is 15.9 Å². The van der Waals surface area contributed by atoms with Gasteiger partial charge in [0.15, 0.2) is 0 Å². The third kappa shape index (κ3) is 5.28. The Labute approximate surface area is 185 Å². The first-order valence-corrected chi connectivity index (χ1v) is 12.2. The van der Waals surface area contributed by atoms with E-state index >= 15 is 0 Å². The number of ether oxygens (including phenoxy) is 1. The van der Waals surface area contributed by atoms with E-state index in [1.54, 1.807) is 4.90 Å². The van der Waals surface area contributed by atoms with Gasteiger partial charge in [0, 0.05) is 32.6 Å². The van der Waals surface area contributed by atoms with Gasteiger partial charge in [-0.2, -0.15) is 4.31 Å². The van der Waals surface area contributed by atoms with Crippen molar-refractivity contribution in [3.05, 3.63) is 58.7 Å². The predicted molar refractivity (Wildman–Crippen MR) is 122 cm³/mol. The zero-order valence-electron chi connectivity index (χ0n) is 18.8. The Morgan fingerprint density at radius 1 is 1.00 bits per heavy atom. The number of hydrogen-bond acceptors (Lipinski definition) is 4. The lowest BCUT2D eigenvalue weighted by Crippen LogP contribution is -2.50. The highest BCUT2D eigenvalue weighted by molar-refractivity contribution is 7.89. The van der Waals surface area contributed by atoms with Crippen LogP contribution in [0, 0.1) is 20.8 Å². The van der Waals surface area contributed by atoms with Gasteiger partial charge in [-0.15, -0.1) is 0 Å². The summed E-state index contributed by atoms with van der Waals surface area (Å²) in [5.41, 5.74) is 3.60. The molecule has 0 aromatic heterocycles. The Hall–Kier alpha value is -2.38. The molecule has 1 aliphatic heterocycles. The van der Waals surface area contributed by atoms with E-state index in [4.69, 9.17) is 4.74 Å². The lowest BCUT2D eigenvalue weighted by Gasteiger charge is -2.34. The number of carbonyl (C=O) groups excluding carboxylic acids is 1. The van der Waals surface area contributed by atoms with Gasteiger partial charge in [-0.25, -0.2) is 8.42 Å². The highest BCUT2D eigenvalue weighted by Gasteiger charge is 2.32. The minimum Gasteiger partial charge on any atom is -0.494 e. The summed E-state index contributed by atoms with van der Waals surface area (Å²) in [6.45, 7) is 9.63. The summed E-state index contributed by atoms with van der Waals surface area (Å²) in [6, 6.07) is 11.6. The summed E-state index contributed by atoms with van der Waals surface area (Å²) < 4.78 is 33.6. The van der Waals surface area contributed by atoms with E-state index < -0.39 is 10.0 Å². The van der Waals surface area contributed by atoms with Crippen LogP contribution in [-0.4, -0.2) is 56.3 Å². The maximum atomic E-state index is 13.2. The molecule has 0 bridgehead atoms. The molecule has 1 fully saturated rings. The summed E-state index contributed by atoms with van der Waals surface area (Å²) in [5, 5.41) is 0. The molecule has 0 atom stereocenters. The van der Waals surface area contributed by atoms with Gasteiger partial charge in [0.05, 0.1) is 11.5 Å². The second-order valence-electron chi connectivity index (χ2n) is 8.05. The average molecular weight is 445 g/mol. The van der Waals surface area contributed by atoms with E-state index in [0.717, 1.165) is 28.0 Å². The van der Waals surface area contributed by atoms with Gasteiger partial charge in [-0.05, 0) is 56.9 Å². The van der Waals surface area contributed by atoms with Crippen LogP contribution < -0.4 is 4.74 Å². The van der Waals surface area contributed by atoms with Crippen molar-refractivity contribution < 1.29 is 17.9 Å². The van der Waals surface area contributed by atoms with Crippen molar-refractivity contribution in [3.8, 4) is 5.75 Å². The average Bonchev–Trinajstić information content (AvgIpc) is 2.72. The minimum absolute atomic E-state index is 0.0473. The molecular formula is C24H32N2O4S. The lowest BCUT2D eigenvalue weighted by molar-refractivity contribution is -0.132. The number of para-hydroxylation sites is 1. The van der Waals surface area contributed by atoms with Crippen LogP contribution in [-0.2, 0) is 21.2 Å². The predicted octanol–water partition coefficient (Wildman–Crippen LogP) is 3.48. The fourth-order valence-electron chi connectivity index (χ4n) is 4.29. The van der Waals surface area contributed by atoms with Gasteiger partial charge in [0.25, 0.3) is 0 Å². The third-order valence-corrected chi connectivity index (χ3v) is 7.88. The van der Waals surface area contributed by atoms with Gasteiger partial charge in [0.2, 0.25) is 15.9 Å². The largest absolute Gasteiger partial charge is 0.494 e. The van der Waals surface area contributed by atoms with Crippen molar-refractivity contribution in [1.82, 2.24) is 9.21 Å².